The molecular weight excluding hydrogens is 449 g/mol. The Kier molecular flexibility index (Phi) is 6.47. The summed E-state index contributed by atoms with van der Waals surface area (Å²) >= 11 is 6.24. The third-order valence-electron chi connectivity index (χ3n) is 4.84. The molecule has 33 heavy (non-hydrogen) atoms. The fourth-order valence-electron chi connectivity index (χ4n) is 3.26. The van der Waals surface area contributed by atoms with Crippen molar-refractivity contribution in [2.75, 3.05) is 35.8 Å². The van der Waals surface area contributed by atoms with Crippen molar-refractivity contribution in [3.05, 3.63) is 59.0 Å². The average molecular weight is 468 g/mol. The molecule has 1 aliphatic rings. The molecule has 0 radical (unpaired) electrons. The fraction of sp³-hybridized carbons (Fsp3) is 0.174. The average Bonchev–Trinajstić information content (AvgIpc) is 2.94. The van der Waals surface area contributed by atoms with Crippen LogP contribution in [0.15, 0.2) is 42.6 Å². The molecule has 0 spiro atoms. The highest BCUT2D eigenvalue weighted by atomic mass is 35.5. The number of nitrogens with zero attached hydrogens (tertiary/aromatic N) is 3. The molecule has 0 aliphatic carbocycles. The Hall–Kier alpha value is -4.03. The van der Waals surface area contributed by atoms with Crippen molar-refractivity contribution in [2.24, 2.45) is 0 Å². The van der Waals surface area contributed by atoms with E-state index >= 15 is 0 Å². The lowest BCUT2D eigenvalue weighted by atomic mass is 10.1. The normalized spacial score (nSPS) is 12.8. The van der Waals surface area contributed by atoms with Gasteiger partial charge in [-0.15, -0.1) is 6.42 Å². The van der Waals surface area contributed by atoms with E-state index in [1.807, 2.05) is 12.1 Å². The maximum Gasteiger partial charge on any atom is 0.414 e. The molecule has 1 aromatic heterocycles. The number of fused-ring (bicyclic) bond motifs is 1. The number of aromatic nitrogens is 2. The van der Waals surface area contributed by atoms with Crippen LogP contribution in [0.2, 0.25) is 5.02 Å². The summed E-state index contributed by atoms with van der Waals surface area (Å²) in [5.74, 6) is 2.43. The number of benzene rings is 2. The molecule has 2 N–H and O–H groups in total. The number of hydrogen-bond acceptors (Lipinski definition) is 7. The molecule has 2 heterocycles. The molecule has 0 saturated heterocycles. The first-order valence-electron chi connectivity index (χ1n) is 9.91. The van der Waals surface area contributed by atoms with Gasteiger partial charge in [-0.1, -0.05) is 23.6 Å². The predicted molar refractivity (Wildman–Crippen MR) is 124 cm³/mol. The lowest BCUT2D eigenvalue weighted by molar-refractivity contribution is 0.159. The zero-order chi connectivity index (χ0) is 23.4. The standard InChI is InChI=1S/C23H19ClFN5O3/c1-3-10-32-19-6-4-5-17(25)20(19)28-21-16(24)13-26-22(29-21)27-15-7-8-18-14(12-15)9-11-33-23(31)30(18)2/h1,4-8,12-13H,9-11H2,2H3,(H2,26,27,28,29). The van der Waals surface area contributed by atoms with Crippen LogP contribution < -0.4 is 20.3 Å². The van der Waals surface area contributed by atoms with E-state index < -0.39 is 11.9 Å². The van der Waals surface area contributed by atoms with E-state index in [0.717, 1.165) is 11.3 Å². The number of carbonyl (C=O) groups is 1. The highest BCUT2D eigenvalue weighted by Crippen LogP contribution is 2.33. The maximum absolute atomic E-state index is 14.5. The number of amides is 1. The van der Waals surface area contributed by atoms with E-state index in [-0.39, 0.29) is 41.4 Å². The van der Waals surface area contributed by atoms with Crippen LogP contribution in [0.4, 0.5) is 38.0 Å². The van der Waals surface area contributed by atoms with Gasteiger partial charge in [0.1, 0.15) is 23.1 Å². The highest BCUT2D eigenvalue weighted by Gasteiger charge is 2.20. The molecule has 0 fully saturated rings. The SMILES string of the molecule is C#CCOc1cccc(F)c1Nc1nc(Nc2ccc3c(c2)CCOC(=O)N3C)ncc1Cl. The van der Waals surface area contributed by atoms with Gasteiger partial charge in [-0.2, -0.15) is 4.98 Å². The van der Waals surface area contributed by atoms with Crippen molar-refractivity contribution in [3.63, 3.8) is 0 Å². The Morgan fingerprint density at radius 1 is 1.33 bits per heavy atom. The lowest BCUT2D eigenvalue weighted by Gasteiger charge is -2.17. The first-order chi connectivity index (χ1) is 16.0. The zero-order valence-electron chi connectivity index (χ0n) is 17.6. The second-order valence-corrected chi connectivity index (χ2v) is 7.42. The monoisotopic (exact) mass is 467 g/mol. The summed E-state index contributed by atoms with van der Waals surface area (Å²) in [7, 11) is 1.66. The van der Waals surface area contributed by atoms with Crippen molar-refractivity contribution in [1.29, 1.82) is 0 Å². The molecular formula is C23H19ClFN5O3. The van der Waals surface area contributed by atoms with Crippen LogP contribution in [-0.2, 0) is 11.2 Å². The lowest BCUT2D eigenvalue weighted by Crippen LogP contribution is -2.25. The number of para-hydroxylation sites is 1. The first kappa shape index (κ1) is 22.2. The summed E-state index contributed by atoms with van der Waals surface area (Å²) in [5.41, 5.74) is 2.45. The Labute approximate surface area is 194 Å². The minimum atomic E-state index is -0.555. The Morgan fingerprint density at radius 3 is 3.00 bits per heavy atom. The van der Waals surface area contributed by atoms with Crippen LogP contribution >= 0.6 is 11.6 Å². The van der Waals surface area contributed by atoms with Gasteiger partial charge < -0.3 is 20.1 Å². The minimum Gasteiger partial charge on any atom is -0.479 e. The van der Waals surface area contributed by atoms with Gasteiger partial charge in [-0.05, 0) is 35.9 Å². The van der Waals surface area contributed by atoms with Crippen molar-refractivity contribution >= 4 is 46.5 Å². The topological polar surface area (TPSA) is 88.6 Å². The van der Waals surface area contributed by atoms with E-state index in [1.165, 1.54) is 23.2 Å². The second kappa shape index (κ2) is 9.63. The van der Waals surface area contributed by atoms with E-state index in [2.05, 4.69) is 26.5 Å². The van der Waals surface area contributed by atoms with Crippen molar-refractivity contribution in [1.82, 2.24) is 9.97 Å². The maximum atomic E-state index is 14.5. The van der Waals surface area contributed by atoms with E-state index in [1.54, 1.807) is 19.2 Å². The van der Waals surface area contributed by atoms with Gasteiger partial charge in [-0.3, -0.25) is 4.90 Å². The number of ether oxygens (including phenoxy) is 2. The highest BCUT2D eigenvalue weighted by molar-refractivity contribution is 6.33. The van der Waals surface area contributed by atoms with Gasteiger partial charge in [0, 0.05) is 19.2 Å². The van der Waals surface area contributed by atoms with Gasteiger partial charge in [0.15, 0.2) is 11.6 Å². The van der Waals surface area contributed by atoms with Crippen molar-refractivity contribution in [2.45, 2.75) is 6.42 Å². The molecule has 1 amide bonds. The summed E-state index contributed by atoms with van der Waals surface area (Å²) in [6.45, 7) is 0.268. The molecule has 1 aliphatic heterocycles. The van der Waals surface area contributed by atoms with Gasteiger partial charge >= 0.3 is 6.09 Å². The first-order valence-corrected chi connectivity index (χ1v) is 10.3. The Balaban J connectivity index is 1.59. The summed E-state index contributed by atoms with van der Waals surface area (Å²) in [5, 5.41) is 6.15. The molecule has 0 saturated carbocycles. The quantitative estimate of drug-likeness (QED) is 0.498. The molecule has 168 valence electrons. The zero-order valence-corrected chi connectivity index (χ0v) is 18.3. The van der Waals surface area contributed by atoms with Crippen LogP contribution in [-0.4, -0.2) is 36.3 Å². The molecule has 2 aromatic carbocycles. The van der Waals surface area contributed by atoms with Crippen molar-refractivity contribution in [3.8, 4) is 18.1 Å². The minimum absolute atomic E-state index is 0.0212. The summed E-state index contributed by atoms with van der Waals surface area (Å²) in [4.78, 5) is 21.9. The van der Waals surface area contributed by atoms with E-state index in [4.69, 9.17) is 27.5 Å². The molecule has 0 bridgehead atoms. The summed E-state index contributed by atoms with van der Waals surface area (Å²) in [6, 6.07) is 9.87. The number of carbonyl (C=O) groups excluding carboxylic acids is 1. The second-order valence-electron chi connectivity index (χ2n) is 7.01. The smallest absolute Gasteiger partial charge is 0.414 e. The van der Waals surface area contributed by atoms with Crippen LogP contribution in [0.25, 0.3) is 0 Å². The predicted octanol–water partition coefficient (Wildman–Crippen LogP) is 4.90. The van der Waals surface area contributed by atoms with E-state index in [9.17, 15) is 9.18 Å². The van der Waals surface area contributed by atoms with Crippen LogP contribution in [0.5, 0.6) is 5.75 Å². The summed E-state index contributed by atoms with van der Waals surface area (Å²) < 4.78 is 25.0. The Bertz CT molecular complexity index is 1250. The molecule has 10 heteroatoms. The molecule has 0 atom stereocenters. The van der Waals surface area contributed by atoms with Crippen molar-refractivity contribution < 1.29 is 18.7 Å². The van der Waals surface area contributed by atoms with Crippen LogP contribution in [0.3, 0.4) is 0 Å². The van der Waals surface area contributed by atoms with Gasteiger partial charge in [0.05, 0.1) is 18.5 Å². The molecule has 3 aromatic rings. The molecule has 4 rings (SSSR count). The number of terminal acetylenes is 1. The number of anilines is 5. The van der Waals surface area contributed by atoms with E-state index in [0.29, 0.717) is 12.1 Å². The number of cyclic esters (lactones) is 1. The molecule has 8 nitrogen and oxygen atoms in total. The summed E-state index contributed by atoms with van der Waals surface area (Å²) in [6.07, 6.45) is 6.80. The van der Waals surface area contributed by atoms with Gasteiger partial charge in [-0.25, -0.2) is 14.2 Å². The third-order valence-corrected chi connectivity index (χ3v) is 5.12. The third kappa shape index (κ3) is 4.91. The van der Waals surface area contributed by atoms with Crippen LogP contribution in [0.1, 0.15) is 5.56 Å². The largest absolute Gasteiger partial charge is 0.479 e. The number of rotatable bonds is 6. The van der Waals surface area contributed by atoms with Crippen LogP contribution in [0, 0.1) is 18.2 Å². The van der Waals surface area contributed by atoms with Gasteiger partial charge in [0.2, 0.25) is 5.95 Å². The fourth-order valence-corrected chi connectivity index (χ4v) is 3.40. The number of hydrogen-bond donors (Lipinski definition) is 2. The van der Waals surface area contributed by atoms with Gasteiger partial charge in [0.25, 0.3) is 0 Å². The molecule has 0 unspecified atom stereocenters. The number of halogens is 2. The number of nitrogens with one attached hydrogen (secondary N) is 2. The Morgan fingerprint density at radius 2 is 2.18 bits per heavy atom.